The van der Waals surface area contributed by atoms with E-state index in [1.54, 1.807) is 24.3 Å². The van der Waals surface area contributed by atoms with E-state index in [-0.39, 0.29) is 17.9 Å². The Balaban J connectivity index is 2.00. The largest absolute Gasteiger partial charge is 0.495 e. The van der Waals surface area contributed by atoms with Crippen molar-refractivity contribution in [3.05, 3.63) is 42.0 Å². The lowest BCUT2D eigenvalue weighted by Gasteiger charge is -2.26. The number of rotatable bonds is 3. The van der Waals surface area contributed by atoms with Crippen LogP contribution < -0.4 is 14.4 Å². The fourth-order valence-electron chi connectivity index (χ4n) is 3.53. The zero-order valence-corrected chi connectivity index (χ0v) is 15.1. The van der Waals surface area contributed by atoms with Crippen LogP contribution in [0.1, 0.15) is 5.56 Å². The quantitative estimate of drug-likeness (QED) is 0.344. The number of esters is 2. The Morgan fingerprint density at radius 2 is 1.75 bits per heavy atom. The highest BCUT2D eigenvalue weighted by Crippen LogP contribution is 2.44. The fourth-order valence-corrected chi connectivity index (χ4v) is 3.53. The van der Waals surface area contributed by atoms with Crippen molar-refractivity contribution >= 4 is 40.2 Å². The van der Waals surface area contributed by atoms with Crippen molar-refractivity contribution in [2.45, 2.75) is 6.42 Å². The third-order valence-electron chi connectivity index (χ3n) is 4.83. The first-order valence-electron chi connectivity index (χ1n) is 8.44. The van der Waals surface area contributed by atoms with Crippen molar-refractivity contribution in [3.8, 4) is 11.5 Å². The van der Waals surface area contributed by atoms with Crippen molar-refractivity contribution in [1.29, 1.82) is 0 Å². The monoisotopic (exact) mass is 381 g/mol. The van der Waals surface area contributed by atoms with Crippen LogP contribution in [0.25, 0.3) is 10.8 Å². The molecule has 0 radical (unpaired) electrons. The SMILES string of the molecule is COC(=O)C1Cc2c(ccc3ccc(OC)c(N4C(=O)C=CC4=O)c23)OC1=O. The van der Waals surface area contributed by atoms with Gasteiger partial charge < -0.3 is 14.2 Å². The number of carbonyl (C=O) groups excluding carboxylic acids is 4. The molecule has 8 nitrogen and oxygen atoms in total. The van der Waals surface area contributed by atoms with Gasteiger partial charge in [0.2, 0.25) is 0 Å². The average molecular weight is 381 g/mol. The van der Waals surface area contributed by atoms with Gasteiger partial charge in [-0.3, -0.25) is 19.2 Å². The van der Waals surface area contributed by atoms with Crippen LogP contribution in [0.5, 0.6) is 11.5 Å². The summed E-state index contributed by atoms with van der Waals surface area (Å²) in [5, 5.41) is 1.20. The molecule has 0 saturated heterocycles. The van der Waals surface area contributed by atoms with Crippen molar-refractivity contribution in [3.63, 3.8) is 0 Å². The molecule has 0 bridgehead atoms. The topological polar surface area (TPSA) is 99.2 Å². The average Bonchev–Trinajstić information content (AvgIpc) is 3.03. The van der Waals surface area contributed by atoms with Gasteiger partial charge in [0.05, 0.1) is 14.2 Å². The van der Waals surface area contributed by atoms with Crippen LogP contribution in [0.2, 0.25) is 0 Å². The molecular weight excluding hydrogens is 366 g/mol. The second-order valence-corrected chi connectivity index (χ2v) is 6.30. The molecule has 28 heavy (non-hydrogen) atoms. The number of nitrogens with zero attached hydrogens (tertiary/aromatic N) is 1. The van der Waals surface area contributed by atoms with Crippen molar-refractivity contribution in [2.24, 2.45) is 5.92 Å². The van der Waals surface area contributed by atoms with Crippen LogP contribution in [-0.2, 0) is 30.3 Å². The highest BCUT2D eigenvalue weighted by Gasteiger charge is 2.38. The number of ether oxygens (including phenoxy) is 3. The molecule has 2 aliphatic heterocycles. The molecule has 1 unspecified atom stereocenters. The number of benzene rings is 2. The van der Waals surface area contributed by atoms with E-state index in [9.17, 15) is 19.2 Å². The summed E-state index contributed by atoms with van der Waals surface area (Å²) < 4.78 is 15.4. The summed E-state index contributed by atoms with van der Waals surface area (Å²) in [5.41, 5.74) is 0.771. The molecule has 8 heteroatoms. The number of fused-ring (bicyclic) bond motifs is 3. The van der Waals surface area contributed by atoms with Gasteiger partial charge in [-0.05, 0) is 17.5 Å². The molecule has 0 fully saturated rings. The number of carbonyl (C=O) groups is 4. The van der Waals surface area contributed by atoms with Crippen LogP contribution in [0.3, 0.4) is 0 Å². The fraction of sp³-hybridized carbons (Fsp3) is 0.200. The van der Waals surface area contributed by atoms with Gasteiger partial charge in [0.1, 0.15) is 17.2 Å². The number of hydrogen-bond acceptors (Lipinski definition) is 7. The van der Waals surface area contributed by atoms with E-state index >= 15 is 0 Å². The summed E-state index contributed by atoms with van der Waals surface area (Å²) in [7, 11) is 2.62. The van der Waals surface area contributed by atoms with E-state index in [4.69, 9.17) is 14.2 Å². The van der Waals surface area contributed by atoms with Crippen molar-refractivity contribution in [1.82, 2.24) is 0 Å². The van der Waals surface area contributed by atoms with Crippen LogP contribution in [0, 0.1) is 5.92 Å². The maximum atomic E-state index is 12.3. The van der Waals surface area contributed by atoms with E-state index in [0.717, 1.165) is 4.90 Å². The first-order valence-corrected chi connectivity index (χ1v) is 8.44. The van der Waals surface area contributed by atoms with Gasteiger partial charge in [-0.1, -0.05) is 12.1 Å². The van der Waals surface area contributed by atoms with Gasteiger partial charge in [0, 0.05) is 29.5 Å². The minimum absolute atomic E-state index is 0.0159. The molecule has 142 valence electrons. The molecule has 2 aromatic rings. The summed E-state index contributed by atoms with van der Waals surface area (Å²) in [6.45, 7) is 0. The standard InChI is InChI=1S/C20H15NO7/c1-26-14-6-4-10-3-5-13-11(9-12(19(24)27-2)20(25)28-13)17(10)18(14)21-15(22)7-8-16(21)23/h3-8,12H,9H2,1-2H3. The van der Waals surface area contributed by atoms with Gasteiger partial charge in [0.15, 0.2) is 5.92 Å². The second kappa shape index (κ2) is 6.49. The Morgan fingerprint density at radius 1 is 1.07 bits per heavy atom. The number of hydrogen-bond donors (Lipinski definition) is 0. The molecule has 0 spiro atoms. The lowest BCUT2D eigenvalue weighted by molar-refractivity contribution is -0.156. The van der Waals surface area contributed by atoms with E-state index < -0.39 is 29.7 Å². The Hall–Kier alpha value is -3.68. The minimum Gasteiger partial charge on any atom is -0.495 e. The zero-order valence-electron chi connectivity index (χ0n) is 15.1. The minimum atomic E-state index is -1.13. The van der Waals surface area contributed by atoms with Gasteiger partial charge >= 0.3 is 11.9 Å². The third-order valence-corrected chi connectivity index (χ3v) is 4.83. The Morgan fingerprint density at radius 3 is 2.39 bits per heavy atom. The molecule has 4 rings (SSSR count). The normalized spacial score (nSPS) is 18.3. The zero-order chi connectivity index (χ0) is 20.0. The molecule has 2 aromatic carbocycles. The molecule has 0 N–H and O–H groups in total. The first kappa shape index (κ1) is 17.7. The molecule has 0 aliphatic carbocycles. The number of methoxy groups -OCH3 is 2. The summed E-state index contributed by atoms with van der Waals surface area (Å²) in [5.74, 6) is -3.01. The summed E-state index contributed by atoms with van der Waals surface area (Å²) in [4.78, 5) is 49.9. The van der Waals surface area contributed by atoms with Crippen LogP contribution >= 0.6 is 0 Å². The van der Waals surface area contributed by atoms with Gasteiger partial charge in [0.25, 0.3) is 11.8 Å². The third kappa shape index (κ3) is 2.53. The van der Waals surface area contributed by atoms with Crippen molar-refractivity contribution in [2.75, 3.05) is 19.1 Å². The molecule has 0 saturated carbocycles. The Bertz CT molecular complexity index is 1070. The highest BCUT2D eigenvalue weighted by atomic mass is 16.6. The number of anilines is 1. The molecule has 1 atom stereocenters. The van der Waals surface area contributed by atoms with Gasteiger partial charge in [-0.15, -0.1) is 0 Å². The molecule has 2 aliphatic rings. The summed E-state index contributed by atoms with van der Waals surface area (Å²) >= 11 is 0. The van der Waals surface area contributed by atoms with E-state index in [1.807, 2.05) is 0 Å². The highest BCUT2D eigenvalue weighted by molar-refractivity contribution is 6.31. The summed E-state index contributed by atoms with van der Waals surface area (Å²) in [6.07, 6.45) is 2.36. The Labute approximate surface area is 159 Å². The van der Waals surface area contributed by atoms with E-state index in [2.05, 4.69) is 0 Å². The number of imide groups is 1. The molecule has 0 aromatic heterocycles. The lowest BCUT2D eigenvalue weighted by Crippen LogP contribution is -2.35. The summed E-state index contributed by atoms with van der Waals surface area (Å²) in [6, 6.07) is 6.74. The van der Waals surface area contributed by atoms with E-state index in [0.29, 0.717) is 22.1 Å². The predicted molar refractivity (Wildman–Crippen MR) is 97.0 cm³/mol. The van der Waals surface area contributed by atoms with Gasteiger partial charge in [-0.25, -0.2) is 4.90 Å². The first-order chi connectivity index (χ1) is 13.5. The van der Waals surface area contributed by atoms with Crippen molar-refractivity contribution < 1.29 is 33.4 Å². The maximum absolute atomic E-state index is 12.3. The second-order valence-electron chi connectivity index (χ2n) is 6.30. The smallest absolute Gasteiger partial charge is 0.326 e. The maximum Gasteiger partial charge on any atom is 0.326 e. The van der Waals surface area contributed by atoms with Crippen LogP contribution in [0.15, 0.2) is 36.4 Å². The lowest BCUT2D eigenvalue weighted by atomic mass is 9.90. The Kier molecular flexibility index (Phi) is 4.11. The molecule has 2 heterocycles. The molecule has 2 amide bonds. The van der Waals surface area contributed by atoms with Gasteiger partial charge in [-0.2, -0.15) is 0 Å². The molecular formula is C20H15NO7. The van der Waals surface area contributed by atoms with Crippen LogP contribution in [0.4, 0.5) is 5.69 Å². The number of amides is 2. The van der Waals surface area contributed by atoms with Crippen LogP contribution in [-0.4, -0.2) is 38.0 Å². The van der Waals surface area contributed by atoms with E-state index in [1.165, 1.54) is 26.4 Å². The predicted octanol–water partition coefficient (Wildman–Crippen LogP) is 1.53.